The molecule has 28 heavy (non-hydrogen) atoms. The number of nitrogens with zero attached hydrogens (tertiary/aromatic N) is 2. The molecule has 0 saturated heterocycles. The second kappa shape index (κ2) is 7.67. The summed E-state index contributed by atoms with van der Waals surface area (Å²) < 4.78 is 2.16. The molecule has 1 heterocycles. The summed E-state index contributed by atoms with van der Waals surface area (Å²) in [5.74, 6) is 0. The van der Waals surface area contributed by atoms with Gasteiger partial charge in [-0.2, -0.15) is 0 Å². The van der Waals surface area contributed by atoms with Crippen LogP contribution in [0.2, 0.25) is 0 Å². The van der Waals surface area contributed by atoms with Gasteiger partial charge in [0.15, 0.2) is 0 Å². The molecule has 138 valence electrons. The molecule has 0 spiro atoms. The summed E-state index contributed by atoms with van der Waals surface area (Å²) in [6, 6.07) is 31.2. The van der Waals surface area contributed by atoms with E-state index in [4.69, 9.17) is 5.73 Å². The van der Waals surface area contributed by atoms with E-state index in [2.05, 4.69) is 88.9 Å². The lowest BCUT2D eigenvalue weighted by Gasteiger charge is -2.37. The normalized spacial score (nSPS) is 12.5. The zero-order valence-corrected chi connectivity index (χ0v) is 15.6. The molecule has 0 aliphatic rings. The monoisotopic (exact) mass is 365 g/mol. The van der Waals surface area contributed by atoms with Crippen LogP contribution in [0.3, 0.4) is 0 Å². The number of rotatable bonds is 6. The number of aromatic nitrogens is 2. The Kier molecular flexibility index (Phi) is 4.92. The standard InChI is InChI=1S/C25H23N3/c1-2-23(26)24-18-28(19-27-24)25(20-12-6-3-7-13-20,21-14-8-4-9-15-21)22-16-10-5-11-17-22/h2-19,23H,1,26H2. The van der Waals surface area contributed by atoms with E-state index in [1.165, 1.54) is 0 Å². The highest BCUT2D eigenvalue weighted by Crippen LogP contribution is 2.40. The Hall–Kier alpha value is -3.43. The molecule has 0 amide bonds. The highest BCUT2D eigenvalue weighted by molar-refractivity contribution is 5.50. The van der Waals surface area contributed by atoms with Crippen LogP contribution in [0.1, 0.15) is 28.4 Å². The van der Waals surface area contributed by atoms with Gasteiger partial charge in [0.25, 0.3) is 0 Å². The summed E-state index contributed by atoms with van der Waals surface area (Å²) in [5.41, 5.74) is 9.88. The average Bonchev–Trinajstić information content (AvgIpc) is 3.26. The lowest BCUT2D eigenvalue weighted by molar-refractivity contribution is 0.514. The van der Waals surface area contributed by atoms with E-state index in [0.29, 0.717) is 0 Å². The van der Waals surface area contributed by atoms with Gasteiger partial charge in [0.05, 0.1) is 18.1 Å². The van der Waals surface area contributed by atoms with E-state index in [1.807, 2.05) is 30.7 Å². The molecule has 4 rings (SSSR count). The summed E-state index contributed by atoms with van der Waals surface area (Å²) in [5, 5.41) is 0. The minimum absolute atomic E-state index is 0.304. The number of hydrogen-bond donors (Lipinski definition) is 1. The maximum Gasteiger partial charge on any atom is 0.121 e. The first-order valence-electron chi connectivity index (χ1n) is 9.36. The van der Waals surface area contributed by atoms with Crippen molar-refractivity contribution in [1.82, 2.24) is 9.55 Å². The molecular weight excluding hydrogens is 342 g/mol. The quantitative estimate of drug-likeness (QED) is 0.390. The van der Waals surface area contributed by atoms with Crippen molar-refractivity contribution < 1.29 is 0 Å². The summed E-state index contributed by atoms with van der Waals surface area (Å²) in [7, 11) is 0. The average molecular weight is 365 g/mol. The third-order valence-electron chi connectivity index (χ3n) is 5.16. The largest absolute Gasteiger partial charge is 0.319 e. The third kappa shape index (κ3) is 2.96. The molecule has 4 aromatic rings. The van der Waals surface area contributed by atoms with Crippen LogP contribution in [-0.2, 0) is 5.54 Å². The van der Waals surface area contributed by atoms with E-state index < -0.39 is 5.54 Å². The molecule has 3 nitrogen and oxygen atoms in total. The lowest BCUT2D eigenvalue weighted by atomic mass is 9.77. The Labute approximate surface area is 165 Å². The summed E-state index contributed by atoms with van der Waals surface area (Å²) in [6.45, 7) is 3.81. The maximum absolute atomic E-state index is 6.17. The van der Waals surface area contributed by atoms with Gasteiger partial charge in [-0.15, -0.1) is 6.58 Å². The molecule has 0 bridgehead atoms. The Morgan fingerprint density at radius 2 is 1.21 bits per heavy atom. The van der Waals surface area contributed by atoms with Crippen molar-refractivity contribution in [2.24, 2.45) is 5.73 Å². The predicted molar refractivity (Wildman–Crippen MR) is 114 cm³/mol. The Balaban J connectivity index is 2.07. The van der Waals surface area contributed by atoms with Gasteiger partial charge in [-0.25, -0.2) is 4.98 Å². The van der Waals surface area contributed by atoms with E-state index >= 15 is 0 Å². The molecule has 0 aliphatic carbocycles. The van der Waals surface area contributed by atoms with Gasteiger partial charge in [-0.3, -0.25) is 0 Å². The zero-order chi connectivity index (χ0) is 19.4. The Morgan fingerprint density at radius 3 is 1.61 bits per heavy atom. The van der Waals surface area contributed by atoms with E-state index in [-0.39, 0.29) is 6.04 Å². The molecule has 3 heteroatoms. The van der Waals surface area contributed by atoms with Gasteiger partial charge < -0.3 is 10.3 Å². The smallest absolute Gasteiger partial charge is 0.121 e. The molecule has 0 saturated carbocycles. The second-order valence-corrected chi connectivity index (χ2v) is 6.78. The van der Waals surface area contributed by atoms with Crippen LogP contribution in [0.4, 0.5) is 0 Å². The number of benzene rings is 3. The molecule has 1 aromatic heterocycles. The Bertz CT molecular complexity index is 940. The van der Waals surface area contributed by atoms with Gasteiger partial charge in [0.1, 0.15) is 5.54 Å². The van der Waals surface area contributed by atoms with Gasteiger partial charge in [0.2, 0.25) is 0 Å². The highest BCUT2D eigenvalue weighted by Gasteiger charge is 2.38. The molecule has 3 aromatic carbocycles. The van der Waals surface area contributed by atoms with Crippen molar-refractivity contribution in [2.75, 3.05) is 0 Å². The van der Waals surface area contributed by atoms with Crippen molar-refractivity contribution in [3.05, 3.63) is 139 Å². The van der Waals surface area contributed by atoms with Crippen molar-refractivity contribution >= 4 is 0 Å². The van der Waals surface area contributed by atoms with Crippen LogP contribution >= 0.6 is 0 Å². The van der Waals surface area contributed by atoms with Gasteiger partial charge in [0, 0.05) is 6.20 Å². The van der Waals surface area contributed by atoms with Crippen LogP contribution in [0.5, 0.6) is 0 Å². The molecular formula is C25H23N3. The fourth-order valence-electron chi connectivity index (χ4n) is 3.80. The number of imidazole rings is 1. The minimum Gasteiger partial charge on any atom is -0.319 e. The van der Waals surface area contributed by atoms with Crippen molar-refractivity contribution in [1.29, 1.82) is 0 Å². The summed E-state index contributed by atoms with van der Waals surface area (Å²) in [6.07, 6.45) is 5.60. The van der Waals surface area contributed by atoms with E-state index in [1.54, 1.807) is 6.08 Å². The molecule has 0 fully saturated rings. The number of nitrogens with two attached hydrogens (primary N) is 1. The summed E-state index contributed by atoms with van der Waals surface area (Å²) in [4.78, 5) is 4.60. The molecule has 1 atom stereocenters. The maximum atomic E-state index is 6.17. The molecule has 1 unspecified atom stereocenters. The second-order valence-electron chi connectivity index (χ2n) is 6.78. The van der Waals surface area contributed by atoms with Gasteiger partial charge in [-0.1, -0.05) is 97.1 Å². The van der Waals surface area contributed by atoms with Crippen molar-refractivity contribution in [2.45, 2.75) is 11.6 Å². The van der Waals surface area contributed by atoms with Crippen LogP contribution in [-0.4, -0.2) is 9.55 Å². The topological polar surface area (TPSA) is 43.8 Å². The third-order valence-corrected chi connectivity index (χ3v) is 5.16. The van der Waals surface area contributed by atoms with Crippen molar-refractivity contribution in [3.8, 4) is 0 Å². The first-order chi connectivity index (χ1) is 13.8. The van der Waals surface area contributed by atoms with Crippen LogP contribution in [0, 0.1) is 0 Å². The van der Waals surface area contributed by atoms with Crippen molar-refractivity contribution in [3.63, 3.8) is 0 Å². The first kappa shape index (κ1) is 18.0. The van der Waals surface area contributed by atoms with Gasteiger partial charge >= 0.3 is 0 Å². The fraction of sp³-hybridized carbons (Fsp3) is 0.0800. The first-order valence-corrected chi connectivity index (χ1v) is 9.36. The van der Waals surface area contributed by atoms with Gasteiger partial charge in [-0.05, 0) is 16.7 Å². The number of hydrogen-bond acceptors (Lipinski definition) is 2. The fourth-order valence-corrected chi connectivity index (χ4v) is 3.80. The van der Waals surface area contributed by atoms with Crippen LogP contribution in [0.15, 0.2) is 116 Å². The Morgan fingerprint density at radius 1 is 0.786 bits per heavy atom. The van der Waals surface area contributed by atoms with E-state index in [0.717, 1.165) is 22.4 Å². The highest BCUT2D eigenvalue weighted by atomic mass is 15.1. The molecule has 2 N–H and O–H groups in total. The molecule has 0 radical (unpaired) electrons. The van der Waals surface area contributed by atoms with Crippen LogP contribution in [0.25, 0.3) is 0 Å². The van der Waals surface area contributed by atoms with E-state index in [9.17, 15) is 0 Å². The lowest BCUT2D eigenvalue weighted by Crippen LogP contribution is -2.37. The minimum atomic E-state index is -0.560. The molecule has 0 aliphatic heterocycles. The SMILES string of the molecule is C=CC(N)c1cn(C(c2ccccc2)(c2ccccc2)c2ccccc2)cn1. The summed E-state index contributed by atoms with van der Waals surface area (Å²) >= 11 is 0. The van der Waals surface area contributed by atoms with Crippen LogP contribution < -0.4 is 5.73 Å². The zero-order valence-electron chi connectivity index (χ0n) is 15.6. The predicted octanol–water partition coefficient (Wildman–Crippen LogP) is 4.91.